The summed E-state index contributed by atoms with van der Waals surface area (Å²) >= 11 is 12.1. The van der Waals surface area contributed by atoms with Crippen LogP contribution in [0.1, 0.15) is 37.3 Å². The lowest BCUT2D eigenvalue weighted by molar-refractivity contribution is -0.145. The third-order valence-electron chi connectivity index (χ3n) is 4.91. The number of esters is 1. The maximum absolute atomic E-state index is 12.9. The minimum absolute atomic E-state index is 0.0729. The molecule has 0 fully saturated rings. The number of unbranched alkanes of at least 4 members (excludes halogenated alkanes) is 1. The van der Waals surface area contributed by atoms with Gasteiger partial charge in [0, 0.05) is 11.6 Å². The van der Waals surface area contributed by atoms with Crippen molar-refractivity contribution in [1.82, 2.24) is 9.44 Å². The van der Waals surface area contributed by atoms with Gasteiger partial charge in [-0.3, -0.25) is 4.79 Å². The van der Waals surface area contributed by atoms with E-state index in [-0.39, 0.29) is 34.4 Å². The van der Waals surface area contributed by atoms with E-state index in [1.807, 2.05) is 6.92 Å². The molecule has 0 aliphatic rings. The monoisotopic (exact) mass is 550 g/mol. The minimum atomic E-state index is -4.15. The molecule has 0 bridgehead atoms. The summed E-state index contributed by atoms with van der Waals surface area (Å²) in [6.45, 7) is 5.32. The molecule has 2 aromatic rings. The standard InChI is InChI=1S/C22H28Cl2N2O6S2/c1-4-32-22(27)20(26-34(30,31)21-13-16(3)18(23)14-19(21)24)7-5-6-12-25-33(28,29)17-10-8-15(2)9-11-17/h8-11,13-14,20,25-26H,4-7,12H2,1-3H3. The molecule has 0 amide bonds. The predicted molar refractivity (Wildman–Crippen MR) is 132 cm³/mol. The van der Waals surface area contributed by atoms with Crippen LogP contribution in [0.5, 0.6) is 0 Å². The van der Waals surface area contributed by atoms with Gasteiger partial charge in [0.05, 0.1) is 16.5 Å². The molecule has 34 heavy (non-hydrogen) atoms. The van der Waals surface area contributed by atoms with E-state index in [9.17, 15) is 21.6 Å². The van der Waals surface area contributed by atoms with Crippen LogP contribution >= 0.6 is 23.2 Å². The lowest BCUT2D eigenvalue weighted by Crippen LogP contribution is -2.42. The van der Waals surface area contributed by atoms with Gasteiger partial charge in [0.15, 0.2) is 0 Å². The summed E-state index contributed by atoms with van der Waals surface area (Å²) in [4.78, 5) is 12.3. The molecular weight excluding hydrogens is 523 g/mol. The number of halogens is 2. The Kier molecular flexibility index (Phi) is 10.3. The van der Waals surface area contributed by atoms with Crippen LogP contribution in [-0.4, -0.2) is 42.0 Å². The molecular formula is C22H28Cl2N2O6S2. The van der Waals surface area contributed by atoms with Crippen LogP contribution in [0.2, 0.25) is 10.0 Å². The summed E-state index contributed by atoms with van der Waals surface area (Å²) in [5.74, 6) is -0.729. The Morgan fingerprint density at radius 2 is 1.62 bits per heavy atom. The second-order valence-corrected chi connectivity index (χ2v) is 11.9. The van der Waals surface area contributed by atoms with Crippen LogP contribution in [0.3, 0.4) is 0 Å². The molecule has 1 unspecified atom stereocenters. The number of ether oxygens (including phenoxy) is 1. The van der Waals surface area contributed by atoms with E-state index in [1.54, 1.807) is 26.0 Å². The molecule has 0 spiro atoms. The van der Waals surface area contributed by atoms with Crippen molar-refractivity contribution in [2.24, 2.45) is 0 Å². The lowest BCUT2D eigenvalue weighted by atomic mass is 10.1. The highest BCUT2D eigenvalue weighted by molar-refractivity contribution is 7.89. The first-order chi connectivity index (χ1) is 15.9. The Bertz CT molecular complexity index is 1220. The quantitative estimate of drug-likeness (QED) is 0.305. The molecule has 1 atom stereocenters. The molecule has 8 nitrogen and oxygen atoms in total. The van der Waals surface area contributed by atoms with E-state index in [0.29, 0.717) is 23.4 Å². The van der Waals surface area contributed by atoms with Gasteiger partial charge in [-0.05, 0) is 69.9 Å². The zero-order chi connectivity index (χ0) is 25.5. The topological polar surface area (TPSA) is 119 Å². The summed E-state index contributed by atoms with van der Waals surface area (Å²) in [5, 5.41) is 0.246. The maximum Gasteiger partial charge on any atom is 0.324 e. The first-order valence-corrected chi connectivity index (χ1v) is 14.3. The van der Waals surface area contributed by atoms with Crippen molar-refractivity contribution in [1.29, 1.82) is 0 Å². The average molecular weight is 552 g/mol. The van der Waals surface area contributed by atoms with Gasteiger partial charge in [0.1, 0.15) is 10.9 Å². The smallest absolute Gasteiger partial charge is 0.324 e. The summed E-state index contributed by atoms with van der Waals surface area (Å²) in [6.07, 6.45) is 0.841. The molecule has 0 aromatic heterocycles. The number of hydrogen-bond acceptors (Lipinski definition) is 6. The Balaban J connectivity index is 2.02. The van der Waals surface area contributed by atoms with Gasteiger partial charge in [0.25, 0.3) is 0 Å². The molecule has 0 aliphatic carbocycles. The second kappa shape index (κ2) is 12.3. The number of sulfonamides is 2. The van der Waals surface area contributed by atoms with Crippen molar-refractivity contribution >= 4 is 49.2 Å². The van der Waals surface area contributed by atoms with E-state index in [0.717, 1.165) is 5.56 Å². The number of hydrogen-bond donors (Lipinski definition) is 2. The highest BCUT2D eigenvalue weighted by Gasteiger charge is 2.28. The largest absolute Gasteiger partial charge is 0.465 e. The van der Waals surface area contributed by atoms with Gasteiger partial charge in [0.2, 0.25) is 20.0 Å². The molecule has 2 aromatic carbocycles. The normalized spacial score (nSPS) is 13.0. The number of benzene rings is 2. The van der Waals surface area contributed by atoms with Gasteiger partial charge in [-0.25, -0.2) is 21.6 Å². The van der Waals surface area contributed by atoms with Crippen molar-refractivity contribution in [3.63, 3.8) is 0 Å². The van der Waals surface area contributed by atoms with Gasteiger partial charge in [-0.15, -0.1) is 0 Å². The predicted octanol–water partition coefficient (Wildman–Crippen LogP) is 3.97. The molecule has 0 saturated heterocycles. The van der Waals surface area contributed by atoms with E-state index in [1.165, 1.54) is 24.3 Å². The number of rotatable bonds is 12. The molecule has 0 aliphatic heterocycles. The Morgan fingerprint density at radius 1 is 0.971 bits per heavy atom. The van der Waals surface area contributed by atoms with Crippen LogP contribution in [0, 0.1) is 13.8 Å². The van der Waals surface area contributed by atoms with Gasteiger partial charge in [-0.2, -0.15) is 4.72 Å². The Hall–Kier alpha value is -1.69. The first-order valence-electron chi connectivity index (χ1n) is 10.6. The van der Waals surface area contributed by atoms with Crippen molar-refractivity contribution in [3.8, 4) is 0 Å². The summed E-state index contributed by atoms with van der Waals surface area (Å²) in [5.41, 5.74) is 1.46. The van der Waals surface area contributed by atoms with E-state index >= 15 is 0 Å². The molecule has 0 saturated carbocycles. The average Bonchev–Trinajstić information content (AvgIpc) is 2.75. The summed E-state index contributed by atoms with van der Waals surface area (Å²) in [6, 6.07) is 7.95. The fraction of sp³-hybridized carbons (Fsp3) is 0.409. The molecule has 188 valence electrons. The highest BCUT2D eigenvalue weighted by Crippen LogP contribution is 2.28. The van der Waals surface area contributed by atoms with Crippen molar-refractivity contribution in [2.75, 3.05) is 13.2 Å². The van der Waals surface area contributed by atoms with Crippen LogP contribution in [0.25, 0.3) is 0 Å². The van der Waals surface area contributed by atoms with E-state index in [4.69, 9.17) is 27.9 Å². The number of nitrogens with one attached hydrogen (secondary N) is 2. The lowest BCUT2D eigenvalue weighted by Gasteiger charge is -2.18. The Morgan fingerprint density at radius 3 is 2.24 bits per heavy atom. The number of carbonyl (C=O) groups is 1. The van der Waals surface area contributed by atoms with Gasteiger partial charge >= 0.3 is 5.97 Å². The highest BCUT2D eigenvalue weighted by atomic mass is 35.5. The minimum Gasteiger partial charge on any atom is -0.465 e. The molecule has 12 heteroatoms. The van der Waals surface area contributed by atoms with Crippen LogP contribution in [0.15, 0.2) is 46.2 Å². The second-order valence-electron chi connectivity index (χ2n) is 7.66. The molecule has 2 N–H and O–H groups in total. The summed E-state index contributed by atoms with van der Waals surface area (Å²) < 4.78 is 60.4. The van der Waals surface area contributed by atoms with Crippen LogP contribution in [0.4, 0.5) is 0 Å². The Labute approximate surface area is 211 Å². The third-order valence-corrected chi connectivity index (χ3v) is 8.73. The van der Waals surface area contributed by atoms with Crippen LogP contribution < -0.4 is 9.44 Å². The zero-order valence-electron chi connectivity index (χ0n) is 19.1. The molecule has 0 radical (unpaired) electrons. The van der Waals surface area contributed by atoms with Crippen molar-refractivity contribution in [3.05, 3.63) is 57.6 Å². The van der Waals surface area contributed by atoms with Crippen molar-refractivity contribution < 1.29 is 26.4 Å². The third kappa shape index (κ3) is 7.93. The molecule has 2 rings (SSSR count). The fourth-order valence-electron chi connectivity index (χ4n) is 3.04. The zero-order valence-corrected chi connectivity index (χ0v) is 22.2. The van der Waals surface area contributed by atoms with Crippen LogP contribution in [-0.2, 0) is 29.6 Å². The van der Waals surface area contributed by atoms with Gasteiger partial charge < -0.3 is 4.74 Å². The summed E-state index contributed by atoms with van der Waals surface area (Å²) in [7, 11) is -7.81. The molecule has 0 heterocycles. The SMILES string of the molecule is CCOC(=O)C(CCCCNS(=O)(=O)c1ccc(C)cc1)NS(=O)(=O)c1cc(C)c(Cl)cc1Cl. The van der Waals surface area contributed by atoms with Crippen molar-refractivity contribution in [2.45, 2.75) is 55.9 Å². The number of carbonyl (C=O) groups excluding carboxylic acids is 1. The van der Waals surface area contributed by atoms with E-state index < -0.39 is 32.1 Å². The van der Waals surface area contributed by atoms with E-state index in [2.05, 4.69) is 9.44 Å². The number of aryl methyl sites for hydroxylation is 2. The first kappa shape index (κ1) is 28.5. The van der Waals surface area contributed by atoms with Gasteiger partial charge in [-0.1, -0.05) is 40.9 Å². The fourth-order valence-corrected chi connectivity index (χ4v) is 6.16. The maximum atomic E-state index is 12.9.